The molecule has 1 aromatic heterocycles. The van der Waals surface area contributed by atoms with E-state index in [9.17, 15) is 0 Å². The zero-order chi connectivity index (χ0) is 36.6. The first-order valence-electron chi connectivity index (χ1n) is 18.8. The number of anilines is 3. The Morgan fingerprint density at radius 3 is 1.72 bits per heavy atom. The summed E-state index contributed by atoms with van der Waals surface area (Å²) in [5, 5.41) is 2.58. The van der Waals surface area contributed by atoms with E-state index in [0.29, 0.717) is 0 Å². The van der Waals surface area contributed by atoms with E-state index in [1.54, 1.807) is 0 Å². The Hall–Kier alpha value is -6.64. The minimum atomic E-state index is 0.882. The van der Waals surface area contributed by atoms with Crippen molar-refractivity contribution in [2.45, 2.75) is 27.2 Å². The van der Waals surface area contributed by atoms with Crippen molar-refractivity contribution < 1.29 is 0 Å². The van der Waals surface area contributed by atoms with Gasteiger partial charge in [0.05, 0.1) is 11.0 Å². The zero-order valence-electron chi connectivity index (χ0n) is 31.0. The van der Waals surface area contributed by atoms with E-state index in [4.69, 9.17) is 0 Å². The third-order valence-electron chi connectivity index (χ3n) is 10.8. The highest BCUT2D eigenvalue weighted by Crippen LogP contribution is 2.39. The van der Waals surface area contributed by atoms with Crippen LogP contribution >= 0.6 is 0 Å². The average molecular weight is 695 g/mol. The highest BCUT2D eigenvalue weighted by molar-refractivity contribution is 6.09. The largest absolute Gasteiger partial charge is 0.310 e. The number of fused-ring (bicyclic) bond motifs is 3. The van der Waals surface area contributed by atoms with Gasteiger partial charge in [0.15, 0.2) is 0 Å². The van der Waals surface area contributed by atoms with Crippen LogP contribution in [0.15, 0.2) is 188 Å². The molecule has 0 fully saturated rings. The van der Waals surface area contributed by atoms with Crippen LogP contribution in [0.5, 0.6) is 0 Å². The molecule has 9 rings (SSSR count). The molecule has 260 valence electrons. The monoisotopic (exact) mass is 694 g/mol. The lowest BCUT2D eigenvalue weighted by molar-refractivity contribution is 1.17. The molecule has 1 heterocycles. The van der Waals surface area contributed by atoms with E-state index in [1.165, 1.54) is 77.6 Å². The molecule has 8 aromatic carbocycles. The highest BCUT2D eigenvalue weighted by atomic mass is 15.1. The van der Waals surface area contributed by atoms with Crippen molar-refractivity contribution in [3.63, 3.8) is 0 Å². The van der Waals surface area contributed by atoms with Gasteiger partial charge in [-0.05, 0) is 138 Å². The van der Waals surface area contributed by atoms with Gasteiger partial charge in [-0.1, -0.05) is 127 Å². The molecule has 0 radical (unpaired) electrons. The van der Waals surface area contributed by atoms with Crippen molar-refractivity contribution in [3.05, 3.63) is 216 Å². The first-order chi connectivity index (χ1) is 26.5. The topological polar surface area (TPSA) is 8.17 Å². The van der Waals surface area contributed by atoms with Crippen molar-refractivity contribution >= 4 is 38.9 Å². The molecule has 0 atom stereocenters. The van der Waals surface area contributed by atoms with Gasteiger partial charge in [0.25, 0.3) is 0 Å². The van der Waals surface area contributed by atoms with Crippen LogP contribution in [0.2, 0.25) is 0 Å². The molecule has 0 aliphatic carbocycles. The van der Waals surface area contributed by atoms with Crippen LogP contribution in [0.4, 0.5) is 17.1 Å². The van der Waals surface area contributed by atoms with Crippen molar-refractivity contribution in [1.29, 1.82) is 0 Å². The Kier molecular flexibility index (Phi) is 8.65. The normalized spacial score (nSPS) is 11.3. The number of rotatable bonds is 8. The summed E-state index contributed by atoms with van der Waals surface area (Å²) in [7, 11) is 0. The second-order valence-corrected chi connectivity index (χ2v) is 14.4. The van der Waals surface area contributed by atoms with Crippen LogP contribution in [-0.4, -0.2) is 4.57 Å². The molecule has 2 heteroatoms. The van der Waals surface area contributed by atoms with E-state index in [2.05, 4.69) is 218 Å². The molecular formula is C52H42N2. The van der Waals surface area contributed by atoms with Gasteiger partial charge in [-0.3, -0.25) is 0 Å². The maximum absolute atomic E-state index is 2.38. The fraction of sp³-hybridized carbons (Fsp3) is 0.0769. The molecule has 0 unspecified atom stereocenters. The van der Waals surface area contributed by atoms with Gasteiger partial charge >= 0.3 is 0 Å². The van der Waals surface area contributed by atoms with Crippen LogP contribution < -0.4 is 4.90 Å². The predicted molar refractivity (Wildman–Crippen MR) is 230 cm³/mol. The lowest BCUT2D eigenvalue weighted by atomic mass is 9.95. The first kappa shape index (κ1) is 33.2. The van der Waals surface area contributed by atoms with Crippen molar-refractivity contribution in [3.8, 4) is 27.9 Å². The summed E-state index contributed by atoms with van der Waals surface area (Å²) in [5.41, 5.74) is 18.4. The number of hydrogen-bond acceptors (Lipinski definition) is 1. The molecule has 54 heavy (non-hydrogen) atoms. The second-order valence-electron chi connectivity index (χ2n) is 14.4. The van der Waals surface area contributed by atoms with Crippen LogP contribution in [-0.2, 0) is 6.42 Å². The van der Waals surface area contributed by atoms with Gasteiger partial charge in [-0.15, -0.1) is 0 Å². The first-order valence-corrected chi connectivity index (χ1v) is 18.8. The zero-order valence-corrected chi connectivity index (χ0v) is 31.0. The number of para-hydroxylation sites is 2. The quantitative estimate of drug-likeness (QED) is 0.154. The number of nitrogens with zero attached hydrogens (tertiary/aromatic N) is 2. The molecule has 0 amide bonds. The van der Waals surface area contributed by atoms with Gasteiger partial charge in [-0.25, -0.2) is 0 Å². The average Bonchev–Trinajstić information content (AvgIpc) is 3.54. The Morgan fingerprint density at radius 1 is 0.407 bits per heavy atom. The smallest absolute Gasteiger partial charge is 0.0541 e. The van der Waals surface area contributed by atoms with Gasteiger partial charge in [0.1, 0.15) is 0 Å². The van der Waals surface area contributed by atoms with E-state index < -0.39 is 0 Å². The van der Waals surface area contributed by atoms with Crippen molar-refractivity contribution in [1.82, 2.24) is 4.57 Å². The highest BCUT2D eigenvalue weighted by Gasteiger charge is 2.16. The van der Waals surface area contributed by atoms with E-state index in [1.807, 2.05) is 0 Å². The molecule has 0 saturated heterocycles. The Balaban J connectivity index is 0.997. The van der Waals surface area contributed by atoms with E-state index >= 15 is 0 Å². The summed E-state index contributed by atoms with van der Waals surface area (Å²) in [6.07, 6.45) is 0.882. The Morgan fingerprint density at radius 2 is 0.981 bits per heavy atom. The van der Waals surface area contributed by atoms with Gasteiger partial charge in [0, 0.05) is 33.5 Å². The van der Waals surface area contributed by atoms with Crippen LogP contribution in [0, 0.1) is 20.8 Å². The van der Waals surface area contributed by atoms with Crippen LogP contribution in [0.3, 0.4) is 0 Å². The number of aromatic nitrogens is 1. The van der Waals surface area contributed by atoms with E-state index in [0.717, 1.165) is 23.5 Å². The summed E-state index contributed by atoms with van der Waals surface area (Å²) in [4.78, 5) is 2.36. The lowest BCUT2D eigenvalue weighted by Crippen LogP contribution is -2.10. The lowest BCUT2D eigenvalue weighted by Gasteiger charge is -2.27. The Bertz CT molecular complexity index is 2740. The third kappa shape index (κ3) is 6.27. The summed E-state index contributed by atoms with van der Waals surface area (Å²) in [5.74, 6) is 0. The molecule has 0 saturated carbocycles. The summed E-state index contributed by atoms with van der Waals surface area (Å²) < 4.78 is 2.37. The van der Waals surface area contributed by atoms with Gasteiger partial charge in [-0.2, -0.15) is 0 Å². The summed E-state index contributed by atoms with van der Waals surface area (Å²) in [6.45, 7) is 6.53. The summed E-state index contributed by atoms with van der Waals surface area (Å²) >= 11 is 0. The van der Waals surface area contributed by atoms with Crippen LogP contribution in [0.25, 0.3) is 49.7 Å². The Labute approximate surface area is 318 Å². The molecule has 2 nitrogen and oxygen atoms in total. The fourth-order valence-electron chi connectivity index (χ4n) is 7.89. The number of benzene rings is 8. The summed E-state index contributed by atoms with van der Waals surface area (Å²) in [6, 6.07) is 68.7. The molecule has 0 bridgehead atoms. The van der Waals surface area contributed by atoms with Crippen molar-refractivity contribution in [2.75, 3.05) is 4.90 Å². The maximum Gasteiger partial charge on any atom is 0.0541 e. The van der Waals surface area contributed by atoms with Crippen molar-refractivity contribution in [2.24, 2.45) is 0 Å². The number of aryl methyl sites for hydroxylation is 3. The SMILES string of the molecule is Cc1ccc(N(c2ccc(-c3ccc(Cc4ccc5c(c4)c4ccccc4n5-c4ccccc4)cc3)cc2)c2ccc(C)c(-c3ccccc3C)c2)cc1. The minimum absolute atomic E-state index is 0.882. The molecule has 0 N–H and O–H groups in total. The maximum atomic E-state index is 2.38. The van der Waals surface area contributed by atoms with Crippen LogP contribution in [0.1, 0.15) is 27.8 Å². The second kappa shape index (κ2) is 14.1. The third-order valence-corrected chi connectivity index (χ3v) is 10.8. The molecule has 0 aliphatic heterocycles. The molecule has 0 aliphatic rings. The van der Waals surface area contributed by atoms with Gasteiger partial charge in [0.2, 0.25) is 0 Å². The fourth-order valence-corrected chi connectivity index (χ4v) is 7.89. The molecule has 9 aromatic rings. The molecular weight excluding hydrogens is 653 g/mol. The van der Waals surface area contributed by atoms with E-state index in [-0.39, 0.29) is 0 Å². The molecule has 0 spiro atoms. The minimum Gasteiger partial charge on any atom is -0.310 e. The van der Waals surface area contributed by atoms with Gasteiger partial charge < -0.3 is 9.47 Å². The predicted octanol–water partition coefficient (Wildman–Crippen LogP) is 14.1. The standard InChI is InChI=1S/C52H42N2/c1-36-17-27-44(28-18-36)53(46-29-19-38(3)49(35-46)47-14-8-7-11-37(47)2)45-30-25-42(26-31-45)41-23-20-39(21-24-41)33-40-22-32-52-50(34-40)48-15-9-10-16-51(48)54(52)43-12-5-4-6-13-43/h4-32,34-35H,33H2,1-3H3. The number of hydrogen-bond donors (Lipinski definition) is 0.